The van der Waals surface area contributed by atoms with Crippen LogP contribution < -0.4 is 10.2 Å². The Morgan fingerprint density at radius 3 is 2.50 bits per heavy atom. The predicted molar refractivity (Wildman–Crippen MR) is 97.0 cm³/mol. The summed E-state index contributed by atoms with van der Waals surface area (Å²) in [5.41, 5.74) is 3.90. The molecule has 0 saturated heterocycles. The summed E-state index contributed by atoms with van der Waals surface area (Å²) in [4.78, 5) is 11.9. The molecule has 3 aromatic carbocycles. The number of hydrazone groups is 1. The largest absolute Gasteiger partial charge is 0.497 e. The Morgan fingerprint density at radius 1 is 1.04 bits per heavy atom. The first kappa shape index (κ1) is 16.0. The van der Waals surface area contributed by atoms with E-state index >= 15 is 0 Å². The van der Waals surface area contributed by atoms with Gasteiger partial charge in [0.25, 0.3) is 5.91 Å². The summed E-state index contributed by atoms with van der Waals surface area (Å²) in [6, 6.07) is 18.4. The van der Waals surface area contributed by atoms with Crippen molar-refractivity contribution in [1.82, 2.24) is 5.43 Å². The summed E-state index contributed by atoms with van der Waals surface area (Å²) >= 11 is 5.80. The van der Waals surface area contributed by atoms with E-state index < -0.39 is 0 Å². The molecule has 1 amide bonds. The van der Waals surface area contributed by atoms with Gasteiger partial charge in [0, 0.05) is 10.6 Å². The van der Waals surface area contributed by atoms with Crippen LogP contribution in [0, 0.1) is 0 Å². The van der Waals surface area contributed by atoms with E-state index in [2.05, 4.69) is 10.5 Å². The summed E-state index contributed by atoms with van der Waals surface area (Å²) in [6.07, 6.45) is 1.61. The molecule has 120 valence electrons. The van der Waals surface area contributed by atoms with Crippen molar-refractivity contribution in [2.24, 2.45) is 5.10 Å². The van der Waals surface area contributed by atoms with Gasteiger partial charge in [0.1, 0.15) is 5.75 Å². The van der Waals surface area contributed by atoms with E-state index in [1.54, 1.807) is 37.6 Å². The second kappa shape index (κ2) is 7.15. The summed E-state index contributed by atoms with van der Waals surface area (Å²) in [6.45, 7) is 0. The topological polar surface area (TPSA) is 50.7 Å². The standard InChI is InChI=1S/C19H15ClN2O2/c1-24-18-9-6-15-10-13(2-3-16(15)11-18)12-21-22-19(23)14-4-7-17(20)8-5-14/h2-12H,1H3,(H,22,23)/b21-12-. The molecule has 0 radical (unpaired) electrons. The number of hydrogen-bond donors (Lipinski definition) is 1. The molecule has 3 rings (SSSR count). The van der Waals surface area contributed by atoms with Crippen molar-refractivity contribution in [3.05, 3.63) is 76.8 Å². The fourth-order valence-corrected chi connectivity index (χ4v) is 2.41. The van der Waals surface area contributed by atoms with Gasteiger partial charge in [-0.15, -0.1) is 0 Å². The third kappa shape index (κ3) is 3.73. The van der Waals surface area contributed by atoms with Gasteiger partial charge in [-0.25, -0.2) is 5.43 Å². The van der Waals surface area contributed by atoms with Crippen LogP contribution in [0.1, 0.15) is 15.9 Å². The summed E-state index contributed by atoms with van der Waals surface area (Å²) in [5.74, 6) is 0.535. The third-order valence-corrected chi connectivity index (χ3v) is 3.81. The molecular formula is C19H15ClN2O2. The average molecular weight is 339 g/mol. The van der Waals surface area contributed by atoms with Crippen molar-refractivity contribution >= 4 is 34.5 Å². The zero-order chi connectivity index (χ0) is 16.9. The van der Waals surface area contributed by atoms with E-state index in [0.29, 0.717) is 10.6 Å². The van der Waals surface area contributed by atoms with E-state index in [1.165, 1.54) is 0 Å². The molecule has 0 saturated carbocycles. The summed E-state index contributed by atoms with van der Waals surface area (Å²) < 4.78 is 5.21. The molecule has 0 heterocycles. The lowest BCUT2D eigenvalue weighted by Crippen LogP contribution is -2.17. The lowest BCUT2D eigenvalue weighted by atomic mass is 10.1. The van der Waals surface area contributed by atoms with Crippen molar-refractivity contribution < 1.29 is 9.53 Å². The van der Waals surface area contributed by atoms with Crippen LogP contribution in [0.15, 0.2) is 65.8 Å². The normalized spacial score (nSPS) is 10.9. The molecule has 0 aliphatic heterocycles. The number of rotatable bonds is 4. The van der Waals surface area contributed by atoms with Crippen LogP contribution in [0.25, 0.3) is 10.8 Å². The lowest BCUT2D eigenvalue weighted by molar-refractivity contribution is 0.0955. The molecule has 0 fully saturated rings. The number of nitrogens with zero attached hydrogens (tertiary/aromatic N) is 1. The number of carbonyl (C=O) groups excluding carboxylic acids is 1. The van der Waals surface area contributed by atoms with Crippen molar-refractivity contribution in [3.8, 4) is 5.75 Å². The number of methoxy groups -OCH3 is 1. The highest BCUT2D eigenvalue weighted by atomic mass is 35.5. The zero-order valence-corrected chi connectivity index (χ0v) is 13.7. The number of fused-ring (bicyclic) bond motifs is 1. The Bertz CT molecular complexity index is 905. The van der Waals surface area contributed by atoms with Crippen LogP contribution in [0.3, 0.4) is 0 Å². The van der Waals surface area contributed by atoms with Crippen molar-refractivity contribution in [3.63, 3.8) is 0 Å². The van der Waals surface area contributed by atoms with Gasteiger partial charge >= 0.3 is 0 Å². The minimum Gasteiger partial charge on any atom is -0.497 e. The first-order chi connectivity index (χ1) is 11.7. The molecule has 0 aliphatic carbocycles. The number of halogens is 1. The maximum Gasteiger partial charge on any atom is 0.271 e. The maximum atomic E-state index is 11.9. The first-order valence-corrected chi connectivity index (χ1v) is 7.70. The molecule has 0 spiro atoms. The number of amides is 1. The van der Waals surface area contributed by atoms with Crippen LogP contribution in [0.4, 0.5) is 0 Å². The smallest absolute Gasteiger partial charge is 0.271 e. The number of ether oxygens (including phenoxy) is 1. The molecule has 4 nitrogen and oxygen atoms in total. The Morgan fingerprint density at radius 2 is 1.75 bits per heavy atom. The molecule has 0 atom stereocenters. The second-order valence-corrected chi connectivity index (χ2v) is 5.61. The van der Waals surface area contributed by atoms with E-state index in [0.717, 1.165) is 22.1 Å². The van der Waals surface area contributed by atoms with Crippen molar-refractivity contribution in [2.75, 3.05) is 7.11 Å². The molecule has 0 aliphatic rings. The van der Waals surface area contributed by atoms with Crippen LogP contribution in [-0.4, -0.2) is 19.2 Å². The fraction of sp³-hybridized carbons (Fsp3) is 0.0526. The summed E-state index contributed by atoms with van der Waals surface area (Å²) in [7, 11) is 1.64. The molecule has 5 heteroatoms. The Kier molecular flexibility index (Phi) is 4.77. The highest BCUT2D eigenvalue weighted by Crippen LogP contribution is 2.21. The van der Waals surface area contributed by atoms with Gasteiger partial charge < -0.3 is 4.74 Å². The quantitative estimate of drug-likeness (QED) is 0.570. The van der Waals surface area contributed by atoms with Crippen molar-refractivity contribution in [2.45, 2.75) is 0 Å². The Balaban J connectivity index is 1.71. The number of nitrogens with one attached hydrogen (secondary N) is 1. The lowest BCUT2D eigenvalue weighted by Gasteiger charge is -2.03. The maximum absolute atomic E-state index is 11.9. The number of carbonyl (C=O) groups is 1. The van der Waals surface area contributed by atoms with Gasteiger partial charge in [0.15, 0.2) is 0 Å². The van der Waals surface area contributed by atoms with E-state index in [9.17, 15) is 4.79 Å². The van der Waals surface area contributed by atoms with Gasteiger partial charge in [-0.2, -0.15) is 5.10 Å². The van der Waals surface area contributed by atoms with Crippen LogP contribution >= 0.6 is 11.6 Å². The second-order valence-electron chi connectivity index (χ2n) is 5.18. The molecule has 0 bridgehead atoms. The van der Waals surface area contributed by atoms with Crippen molar-refractivity contribution in [1.29, 1.82) is 0 Å². The van der Waals surface area contributed by atoms with Gasteiger partial charge in [-0.3, -0.25) is 4.79 Å². The SMILES string of the molecule is COc1ccc2cc(/C=N\NC(=O)c3ccc(Cl)cc3)ccc2c1. The minimum absolute atomic E-state index is 0.284. The fourth-order valence-electron chi connectivity index (χ4n) is 2.28. The predicted octanol–water partition coefficient (Wildman–Crippen LogP) is 4.27. The van der Waals surface area contributed by atoms with Gasteiger partial charge in [-0.05, 0) is 58.8 Å². The van der Waals surface area contributed by atoms with Crippen LogP contribution in [0.5, 0.6) is 5.75 Å². The molecule has 1 N–H and O–H groups in total. The molecular weight excluding hydrogens is 324 g/mol. The number of hydrogen-bond acceptors (Lipinski definition) is 3. The molecule has 0 aromatic heterocycles. The Hall–Kier alpha value is -2.85. The average Bonchev–Trinajstić information content (AvgIpc) is 2.61. The van der Waals surface area contributed by atoms with Crippen LogP contribution in [0.2, 0.25) is 5.02 Å². The van der Waals surface area contributed by atoms with Gasteiger partial charge in [0.2, 0.25) is 0 Å². The molecule has 3 aromatic rings. The zero-order valence-electron chi connectivity index (χ0n) is 13.0. The van der Waals surface area contributed by atoms with Gasteiger partial charge in [0.05, 0.1) is 13.3 Å². The highest BCUT2D eigenvalue weighted by Gasteiger charge is 2.03. The third-order valence-electron chi connectivity index (χ3n) is 3.56. The van der Waals surface area contributed by atoms with E-state index in [-0.39, 0.29) is 5.91 Å². The minimum atomic E-state index is -0.284. The van der Waals surface area contributed by atoms with E-state index in [1.807, 2.05) is 36.4 Å². The number of benzene rings is 3. The van der Waals surface area contributed by atoms with Gasteiger partial charge in [-0.1, -0.05) is 29.8 Å². The first-order valence-electron chi connectivity index (χ1n) is 7.32. The van der Waals surface area contributed by atoms with E-state index in [4.69, 9.17) is 16.3 Å². The molecule has 24 heavy (non-hydrogen) atoms. The molecule has 0 unspecified atom stereocenters. The monoisotopic (exact) mass is 338 g/mol. The summed E-state index contributed by atoms with van der Waals surface area (Å²) in [5, 5.41) is 6.74. The Labute approximate surface area is 144 Å². The highest BCUT2D eigenvalue weighted by molar-refractivity contribution is 6.30. The van der Waals surface area contributed by atoms with Crippen LogP contribution in [-0.2, 0) is 0 Å².